The lowest BCUT2D eigenvalue weighted by molar-refractivity contribution is 0.753. The molecule has 1 heterocycles. The number of nitrogens with zero attached hydrogens (tertiary/aromatic N) is 2. The third kappa shape index (κ3) is 5.60. The first-order valence-electron chi connectivity index (χ1n) is 22.5. The van der Waals surface area contributed by atoms with Crippen molar-refractivity contribution in [1.29, 1.82) is 0 Å². The second-order valence-electron chi connectivity index (χ2n) is 17.2. The van der Waals surface area contributed by atoms with Crippen molar-refractivity contribution in [3.05, 3.63) is 277 Å². The molecule has 0 radical (unpaired) electrons. The third-order valence-electron chi connectivity index (χ3n) is 13.8. The quantitative estimate of drug-likeness (QED) is 0.165. The Bertz CT molecular complexity index is 3450. The number of anilines is 6. The van der Waals surface area contributed by atoms with Gasteiger partial charge >= 0.3 is 0 Å². The molecular formula is C63H42N2. The summed E-state index contributed by atoms with van der Waals surface area (Å²) in [5.41, 5.74) is 18.7. The molecule has 0 N–H and O–H groups in total. The van der Waals surface area contributed by atoms with Gasteiger partial charge < -0.3 is 9.80 Å². The first kappa shape index (κ1) is 37.1. The number of hydrogen-bond acceptors (Lipinski definition) is 2. The Morgan fingerprint density at radius 2 is 0.754 bits per heavy atom. The number of fused-ring (bicyclic) bond motifs is 13. The highest BCUT2D eigenvalue weighted by Gasteiger charge is 2.53. The molecule has 1 aliphatic heterocycles. The fraction of sp³-hybridized carbons (Fsp3) is 0.0159. The van der Waals surface area contributed by atoms with Gasteiger partial charge in [0.1, 0.15) is 0 Å². The average molecular weight is 827 g/mol. The van der Waals surface area contributed by atoms with Crippen LogP contribution in [-0.2, 0) is 5.41 Å². The van der Waals surface area contributed by atoms with Gasteiger partial charge in [0.2, 0.25) is 0 Å². The molecule has 2 nitrogen and oxygen atoms in total. The van der Waals surface area contributed by atoms with Crippen molar-refractivity contribution in [3.63, 3.8) is 0 Å². The lowest BCUT2D eigenvalue weighted by atomic mass is 9.64. The predicted octanol–water partition coefficient (Wildman–Crippen LogP) is 16.9. The highest BCUT2D eigenvalue weighted by Crippen LogP contribution is 2.66. The van der Waals surface area contributed by atoms with Gasteiger partial charge in [-0.2, -0.15) is 0 Å². The average Bonchev–Trinajstić information content (AvgIpc) is 3.69. The molecule has 2 aliphatic rings. The van der Waals surface area contributed by atoms with Crippen LogP contribution in [0.2, 0.25) is 0 Å². The number of benzene rings is 11. The van der Waals surface area contributed by atoms with Crippen molar-refractivity contribution in [3.8, 4) is 33.4 Å². The van der Waals surface area contributed by atoms with Gasteiger partial charge in [0.25, 0.3) is 0 Å². The highest BCUT2D eigenvalue weighted by molar-refractivity contribution is 6.17. The zero-order valence-electron chi connectivity index (χ0n) is 35.6. The number of rotatable bonds is 6. The molecule has 0 atom stereocenters. The fourth-order valence-electron chi connectivity index (χ4n) is 11.1. The van der Waals surface area contributed by atoms with Crippen LogP contribution in [0.5, 0.6) is 0 Å². The van der Waals surface area contributed by atoms with Crippen molar-refractivity contribution in [2.24, 2.45) is 0 Å². The maximum absolute atomic E-state index is 2.55. The Morgan fingerprint density at radius 1 is 0.308 bits per heavy atom. The van der Waals surface area contributed by atoms with Gasteiger partial charge in [0.05, 0.1) is 22.5 Å². The largest absolute Gasteiger partial charge is 0.310 e. The van der Waals surface area contributed by atoms with Crippen molar-refractivity contribution in [1.82, 2.24) is 0 Å². The molecule has 11 aromatic carbocycles. The first-order valence-corrected chi connectivity index (χ1v) is 22.5. The molecule has 0 aromatic heterocycles. The molecule has 0 saturated carbocycles. The van der Waals surface area contributed by atoms with E-state index in [4.69, 9.17) is 0 Å². The van der Waals surface area contributed by atoms with E-state index in [0.29, 0.717) is 0 Å². The van der Waals surface area contributed by atoms with Crippen LogP contribution in [0.1, 0.15) is 22.3 Å². The van der Waals surface area contributed by atoms with Crippen LogP contribution in [0.25, 0.3) is 54.9 Å². The Kier molecular flexibility index (Phi) is 8.47. The van der Waals surface area contributed by atoms with Gasteiger partial charge in [-0.25, -0.2) is 0 Å². The molecule has 0 saturated heterocycles. The van der Waals surface area contributed by atoms with Gasteiger partial charge in [0.15, 0.2) is 0 Å². The van der Waals surface area contributed by atoms with Crippen LogP contribution in [0.3, 0.4) is 0 Å². The maximum Gasteiger partial charge on any atom is 0.0755 e. The summed E-state index contributed by atoms with van der Waals surface area (Å²) in [5, 5.41) is 4.95. The van der Waals surface area contributed by atoms with Gasteiger partial charge in [-0.3, -0.25) is 0 Å². The van der Waals surface area contributed by atoms with Crippen LogP contribution in [0.15, 0.2) is 255 Å². The van der Waals surface area contributed by atoms with Crippen molar-refractivity contribution in [2.45, 2.75) is 5.41 Å². The molecule has 11 aromatic rings. The summed E-state index contributed by atoms with van der Waals surface area (Å²) in [6.45, 7) is 0. The van der Waals surface area contributed by atoms with Gasteiger partial charge in [-0.1, -0.05) is 200 Å². The van der Waals surface area contributed by atoms with Crippen molar-refractivity contribution in [2.75, 3.05) is 9.80 Å². The maximum atomic E-state index is 2.55. The highest BCUT2D eigenvalue weighted by atomic mass is 15.2. The van der Waals surface area contributed by atoms with E-state index in [0.717, 1.165) is 22.7 Å². The zero-order chi connectivity index (χ0) is 42.9. The second kappa shape index (κ2) is 14.8. The van der Waals surface area contributed by atoms with Crippen LogP contribution in [-0.4, -0.2) is 0 Å². The van der Waals surface area contributed by atoms with E-state index in [9.17, 15) is 0 Å². The molecule has 13 rings (SSSR count). The lowest BCUT2D eigenvalue weighted by Crippen LogP contribution is -2.36. The van der Waals surface area contributed by atoms with E-state index in [-0.39, 0.29) is 0 Å². The van der Waals surface area contributed by atoms with Crippen molar-refractivity contribution < 1.29 is 0 Å². The minimum Gasteiger partial charge on any atom is -0.310 e. The molecule has 0 unspecified atom stereocenters. The molecule has 2 heteroatoms. The Morgan fingerprint density at radius 3 is 1.34 bits per heavy atom. The van der Waals surface area contributed by atoms with Crippen LogP contribution in [0, 0.1) is 0 Å². The monoisotopic (exact) mass is 826 g/mol. The summed E-state index contributed by atoms with van der Waals surface area (Å²) in [5.74, 6) is 0. The lowest BCUT2D eigenvalue weighted by Gasteiger charge is -2.45. The minimum absolute atomic E-state index is 0.647. The summed E-state index contributed by atoms with van der Waals surface area (Å²) in [6, 6.07) is 94.0. The zero-order valence-corrected chi connectivity index (χ0v) is 35.6. The molecule has 0 fully saturated rings. The Hall–Kier alpha value is -8.46. The number of para-hydroxylation sites is 3. The molecule has 0 bridgehead atoms. The van der Waals surface area contributed by atoms with Gasteiger partial charge in [-0.05, 0) is 126 Å². The van der Waals surface area contributed by atoms with E-state index in [1.54, 1.807) is 0 Å². The summed E-state index contributed by atoms with van der Waals surface area (Å²) in [7, 11) is 0. The van der Waals surface area contributed by atoms with Gasteiger partial charge in [-0.15, -0.1) is 0 Å². The topological polar surface area (TPSA) is 6.48 Å². The summed E-state index contributed by atoms with van der Waals surface area (Å²) >= 11 is 0. The van der Waals surface area contributed by atoms with E-state index in [2.05, 4.69) is 265 Å². The second-order valence-corrected chi connectivity index (χ2v) is 17.2. The van der Waals surface area contributed by atoms with Crippen LogP contribution < -0.4 is 9.80 Å². The minimum atomic E-state index is -0.647. The summed E-state index contributed by atoms with van der Waals surface area (Å²) in [4.78, 5) is 4.95. The summed E-state index contributed by atoms with van der Waals surface area (Å²) < 4.78 is 0. The molecule has 304 valence electrons. The van der Waals surface area contributed by atoms with E-state index in [1.807, 2.05) is 0 Å². The standard InChI is InChI=1S/C63H42N2/c1-4-18-43(19-5-1)45-32-37-49(38-33-45)64(50-39-34-46(35-40-50)44-20-6-2-7-21-44)60-42-57-62(53-27-13-12-26-52(53)60)61-51-25-11-10-22-47(51)36-41-56(61)63(57)54-28-14-16-30-58(54)65(48-23-8-3-9-24-48)59-31-17-15-29-55(59)63/h1-42H. The van der Waals surface area contributed by atoms with Gasteiger partial charge in [0, 0.05) is 22.4 Å². The van der Waals surface area contributed by atoms with Crippen LogP contribution >= 0.6 is 0 Å². The normalized spacial score (nSPS) is 13.0. The van der Waals surface area contributed by atoms with E-state index in [1.165, 1.54) is 88.6 Å². The smallest absolute Gasteiger partial charge is 0.0755 e. The molecule has 1 aliphatic carbocycles. The molecule has 1 spiro atoms. The SMILES string of the molecule is c1ccc(-c2ccc(N(c3ccc(-c4ccccc4)cc3)c3cc4c(c5ccccc35)-c3c(ccc5ccccc35)C43c4ccccc4N(c4ccccc4)c4ccccc43)cc2)cc1. The summed E-state index contributed by atoms with van der Waals surface area (Å²) in [6.07, 6.45) is 0. The molecule has 0 amide bonds. The van der Waals surface area contributed by atoms with Crippen molar-refractivity contribution >= 4 is 55.7 Å². The van der Waals surface area contributed by atoms with E-state index >= 15 is 0 Å². The van der Waals surface area contributed by atoms with E-state index < -0.39 is 5.41 Å². The Balaban J connectivity index is 1.14. The molecule has 65 heavy (non-hydrogen) atoms. The predicted molar refractivity (Wildman–Crippen MR) is 273 cm³/mol. The number of hydrogen-bond donors (Lipinski definition) is 0. The Labute approximate surface area is 379 Å². The fourth-order valence-corrected chi connectivity index (χ4v) is 11.1. The van der Waals surface area contributed by atoms with Crippen LogP contribution in [0.4, 0.5) is 34.1 Å². The molecular weight excluding hydrogens is 785 g/mol. The first-order chi connectivity index (χ1) is 32.3. The third-order valence-corrected chi connectivity index (χ3v) is 13.8.